The molecule has 1 N–H and O–H groups in total. The lowest BCUT2D eigenvalue weighted by Crippen LogP contribution is -2.35. The summed E-state index contributed by atoms with van der Waals surface area (Å²) >= 11 is 0. The first-order valence-corrected chi connectivity index (χ1v) is 5.92. The zero-order valence-electron chi connectivity index (χ0n) is 9.81. The molecule has 4 heteroatoms. The summed E-state index contributed by atoms with van der Waals surface area (Å²) in [7, 11) is 0. The van der Waals surface area contributed by atoms with Crippen molar-refractivity contribution in [2.75, 3.05) is 33.0 Å². The Balaban J connectivity index is 1.93. The summed E-state index contributed by atoms with van der Waals surface area (Å²) in [6.45, 7) is 3.64. The summed E-state index contributed by atoms with van der Waals surface area (Å²) < 4.78 is 17.6. The number of aliphatic hydroxyl groups is 1. The highest BCUT2D eigenvalue weighted by Crippen LogP contribution is 2.15. The van der Waals surface area contributed by atoms with Crippen molar-refractivity contribution in [1.29, 1.82) is 0 Å². The molecule has 1 unspecified atom stereocenters. The minimum absolute atomic E-state index is 0.637. The fourth-order valence-corrected chi connectivity index (χ4v) is 1.95. The molecule has 1 fully saturated rings. The van der Waals surface area contributed by atoms with E-state index in [1.807, 2.05) is 12.1 Å². The monoisotopic (exact) mass is 239 g/mol. The van der Waals surface area contributed by atoms with E-state index in [0.29, 0.717) is 5.56 Å². The summed E-state index contributed by atoms with van der Waals surface area (Å²) in [6, 6.07) is 7.48. The van der Waals surface area contributed by atoms with Crippen LogP contribution >= 0.6 is 0 Å². The molecule has 0 radical (unpaired) electrons. The Kier molecular flexibility index (Phi) is 4.48. The fraction of sp³-hybridized carbons (Fsp3) is 0.538. The lowest BCUT2D eigenvalue weighted by atomic mass is 10.1. The maximum absolute atomic E-state index is 12.3. The minimum atomic E-state index is -0.993. The molecule has 0 bridgehead atoms. The van der Waals surface area contributed by atoms with Crippen LogP contribution in [0, 0.1) is 0 Å². The van der Waals surface area contributed by atoms with E-state index < -0.39 is 12.8 Å². The number of hydrogen-bond acceptors (Lipinski definition) is 3. The van der Waals surface area contributed by atoms with Crippen molar-refractivity contribution in [2.24, 2.45) is 0 Å². The zero-order chi connectivity index (χ0) is 12.1. The van der Waals surface area contributed by atoms with Crippen molar-refractivity contribution < 1.29 is 14.2 Å². The second kappa shape index (κ2) is 6.10. The Bertz CT molecular complexity index is 336. The molecule has 1 atom stereocenters. The molecular weight excluding hydrogens is 221 g/mol. The molecule has 0 saturated carbocycles. The topological polar surface area (TPSA) is 32.7 Å². The van der Waals surface area contributed by atoms with Gasteiger partial charge in [0.2, 0.25) is 0 Å². The predicted molar refractivity (Wildman–Crippen MR) is 63.5 cm³/mol. The van der Waals surface area contributed by atoms with Crippen molar-refractivity contribution >= 4 is 0 Å². The Morgan fingerprint density at radius 2 is 1.88 bits per heavy atom. The van der Waals surface area contributed by atoms with Crippen molar-refractivity contribution in [1.82, 2.24) is 4.90 Å². The highest BCUT2D eigenvalue weighted by Gasteiger charge is 2.11. The Morgan fingerprint density at radius 1 is 1.24 bits per heavy atom. The summed E-state index contributed by atoms with van der Waals surface area (Å²) in [5, 5.41) is 9.34. The Morgan fingerprint density at radius 3 is 2.47 bits per heavy atom. The normalized spacial score (nSPS) is 19.2. The number of rotatable bonds is 4. The van der Waals surface area contributed by atoms with E-state index in [1.165, 1.54) is 5.56 Å². The molecule has 1 aromatic rings. The van der Waals surface area contributed by atoms with Gasteiger partial charge in [0, 0.05) is 19.6 Å². The van der Waals surface area contributed by atoms with E-state index in [-0.39, 0.29) is 0 Å². The van der Waals surface area contributed by atoms with Crippen molar-refractivity contribution in [3.05, 3.63) is 35.4 Å². The van der Waals surface area contributed by atoms with E-state index in [0.717, 1.165) is 32.8 Å². The van der Waals surface area contributed by atoms with E-state index in [1.54, 1.807) is 12.1 Å². The van der Waals surface area contributed by atoms with Gasteiger partial charge in [-0.25, -0.2) is 4.39 Å². The molecule has 1 saturated heterocycles. The smallest absolute Gasteiger partial charge is 0.119 e. The Hall–Kier alpha value is -0.970. The van der Waals surface area contributed by atoms with Gasteiger partial charge in [-0.05, 0) is 11.1 Å². The van der Waals surface area contributed by atoms with Gasteiger partial charge in [-0.15, -0.1) is 0 Å². The summed E-state index contributed by atoms with van der Waals surface area (Å²) in [5.41, 5.74) is 1.82. The number of morpholine rings is 1. The van der Waals surface area contributed by atoms with Gasteiger partial charge in [-0.2, -0.15) is 0 Å². The summed E-state index contributed by atoms with van der Waals surface area (Å²) in [5.74, 6) is 0. The molecule has 3 nitrogen and oxygen atoms in total. The molecule has 17 heavy (non-hydrogen) atoms. The standard InChI is InChI=1S/C13H18FNO2/c14-9-13(16)12-3-1-11(2-4-12)10-15-5-7-17-8-6-15/h1-4,13,16H,5-10H2. The van der Waals surface area contributed by atoms with Crippen LogP contribution in [0.25, 0.3) is 0 Å². The van der Waals surface area contributed by atoms with Crippen LogP contribution in [0.1, 0.15) is 17.2 Å². The van der Waals surface area contributed by atoms with Gasteiger partial charge in [-0.3, -0.25) is 4.90 Å². The lowest BCUT2D eigenvalue weighted by molar-refractivity contribution is 0.0342. The van der Waals surface area contributed by atoms with Crippen LogP contribution in [0.2, 0.25) is 0 Å². The third-order valence-corrected chi connectivity index (χ3v) is 3.02. The molecule has 1 aliphatic rings. The number of benzene rings is 1. The average Bonchev–Trinajstić information content (AvgIpc) is 2.40. The van der Waals surface area contributed by atoms with Gasteiger partial charge in [0.15, 0.2) is 0 Å². The van der Waals surface area contributed by atoms with Crippen molar-refractivity contribution in [3.63, 3.8) is 0 Å². The highest BCUT2D eigenvalue weighted by molar-refractivity contribution is 5.24. The number of nitrogens with zero attached hydrogens (tertiary/aromatic N) is 1. The van der Waals surface area contributed by atoms with Gasteiger partial charge in [0.1, 0.15) is 12.8 Å². The van der Waals surface area contributed by atoms with Crippen molar-refractivity contribution in [2.45, 2.75) is 12.6 Å². The van der Waals surface area contributed by atoms with Crippen LogP contribution in [0.5, 0.6) is 0 Å². The summed E-state index contributed by atoms with van der Waals surface area (Å²) in [4.78, 5) is 2.32. The van der Waals surface area contributed by atoms with Crippen LogP contribution in [0.15, 0.2) is 24.3 Å². The molecule has 0 spiro atoms. The van der Waals surface area contributed by atoms with Crippen LogP contribution in [-0.4, -0.2) is 43.0 Å². The quantitative estimate of drug-likeness (QED) is 0.864. The van der Waals surface area contributed by atoms with Gasteiger partial charge >= 0.3 is 0 Å². The van der Waals surface area contributed by atoms with E-state index in [2.05, 4.69) is 4.90 Å². The number of hydrogen-bond donors (Lipinski definition) is 1. The molecule has 0 aromatic heterocycles. The SMILES string of the molecule is OC(CF)c1ccc(CN2CCOCC2)cc1. The first kappa shape index (κ1) is 12.5. The van der Waals surface area contributed by atoms with Gasteiger partial charge < -0.3 is 9.84 Å². The predicted octanol–water partition coefficient (Wildman–Crippen LogP) is 1.52. The van der Waals surface area contributed by atoms with Crippen LogP contribution in [0.3, 0.4) is 0 Å². The Labute approximate surface area is 101 Å². The lowest BCUT2D eigenvalue weighted by Gasteiger charge is -2.26. The van der Waals surface area contributed by atoms with Gasteiger partial charge in [-0.1, -0.05) is 24.3 Å². The fourth-order valence-electron chi connectivity index (χ4n) is 1.95. The molecule has 1 aromatic carbocycles. The molecule has 1 heterocycles. The van der Waals surface area contributed by atoms with E-state index in [9.17, 15) is 9.50 Å². The van der Waals surface area contributed by atoms with E-state index >= 15 is 0 Å². The second-order valence-electron chi connectivity index (χ2n) is 4.30. The minimum Gasteiger partial charge on any atom is -0.386 e. The van der Waals surface area contributed by atoms with Crippen molar-refractivity contribution in [3.8, 4) is 0 Å². The highest BCUT2D eigenvalue weighted by atomic mass is 19.1. The van der Waals surface area contributed by atoms with Crippen LogP contribution in [0.4, 0.5) is 4.39 Å². The summed E-state index contributed by atoms with van der Waals surface area (Å²) in [6.07, 6.45) is -0.993. The zero-order valence-corrected chi connectivity index (χ0v) is 9.81. The molecular formula is C13H18FNO2. The average molecular weight is 239 g/mol. The van der Waals surface area contributed by atoms with Gasteiger partial charge in [0.05, 0.1) is 13.2 Å². The molecule has 2 rings (SSSR count). The third-order valence-electron chi connectivity index (χ3n) is 3.02. The number of alkyl halides is 1. The maximum Gasteiger partial charge on any atom is 0.119 e. The van der Waals surface area contributed by atoms with E-state index in [4.69, 9.17) is 4.74 Å². The maximum atomic E-state index is 12.3. The number of aliphatic hydroxyl groups excluding tert-OH is 1. The molecule has 0 aliphatic carbocycles. The second-order valence-corrected chi connectivity index (χ2v) is 4.30. The number of halogens is 1. The first-order valence-electron chi connectivity index (χ1n) is 5.92. The molecule has 94 valence electrons. The van der Waals surface area contributed by atoms with Gasteiger partial charge in [0.25, 0.3) is 0 Å². The largest absolute Gasteiger partial charge is 0.386 e. The van der Waals surface area contributed by atoms with Crippen LogP contribution < -0.4 is 0 Å². The molecule has 0 amide bonds. The third kappa shape index (κ3) is 3.49. The molecule has 1 aliphatic heterocycles. The number of ether oxygens (including phenoxy) is 1. The van der Waals surface area contributed by atoms with Crippen LogP contribution in [-0.2, 0) is 11.3 Å². The first-order chi connectivity index (χ1) is 8.29.